The lowest BCUT2D eigenvalue weighted by molar-refractivity contribution is -0.113. The zero-order valence-corrected chi connectivity index (χ0v) is 15.3. The van der Waals surface area contributed by atoms with Crippen molar-refractivity contribution >= 4 is 29.0 Å². The van der Waals surface area contributed by atoms with E-state index in [1.807, 2.05) is 0 Å². The number of nitrogens with zero attached hydrogens (tertiary/aromatic N) is 2. The fourth-order valence-electron chi connectivity index (χ4n) is 2.11. The largest absolute Gasteiger partial charge is 0.497 e. The second-order valence-corrected chi connectivity index (χ2v) is 6.31. The molecule has 7 nitrogen and oxygen atoms in total. The summed E-state index contributed by atoms with van der Waals surface area (Å²) in [4.78, 5) is 12.0. The number of rotatable bonds is 8. The summed E-state index contributed by atoms with van der Waals surface area (Å²) in [6, 6.07) is 13.0. The van der Waals surface area contributed by atoms with Crippen molar-refractivity contribution < 1.29 is 18.3 Å². The summed E-state index contributed by atoms with van der Waals surface area (Å²) < 4.78 is 23.4. The average molecular weight is 388 g/mol. The first-order valence-corrected chi connectivity index (χ1v) is 8.99. The number of amides is 1. The van der Waals surface area contributed by atoms with E-state index in [0.717, 1.165) is 23.2 Å². The monoisotopic (exact) mass is 388 g/mol. The first-order valence-electron chi connectivity index (χ1n) is 8.01. The van der Waals surface area contributed by atoms with Gasteiger partial charge in [0, 0.05) is 11.4 Å². The Bertz CT molecular complexity index is 884. The maximum absolute atomic E-state index is 12.9. The summed E-state index contributed by atoms with van der Waals surface area (Å²) in [5.74, 6) is 0.741. The van der Waals surface area contributed by atoms with Crippen molar-refractivity contribution in [1.82, 2.24) is 10.2 Å². The van der Waals surface area contributed by atoms with Crippen LogP contribution in [0.1, 0.15) is 5.89 Å². The van der Waals surface area contributed by atoms with E-state index in [4.69, 9.17) is 9.15 Å². The highest BCUT2D eigenvalue weighted by Gasteiger charge is 2.10. The van der Waals surface area contributed by atoms with Gasteiger partial charge in [-0.05, 0) is 48.5 Å². The molecular weight excluding hydrogens is 371 g/mol. The Kier molecular flexibility index (Phi) is 6.26. The summed E-state index contributed by atoms with van der Waals surface area (Å²) in [6.45, 7) is 0.303. The fraction of sp³-hybridized carbons (Fsp3) is 0.167. The van der Waals surface area contributed by atoms with Crippen molar-refractivity contribution in [2.75, 3.05) is 23.5 Å². The van der Waals surface area contributed by atoms with E-state index in [-0.39, 0.29) is 17.5 Å². The van der Waals surface area contributed by atoms with Crippen LogP contribution < -0.4 is 15.4 Å². The SMILES string of the molecule is COc1ccc(NC(=O)CSc2nnc(CNc3ccc(F)cc3)o2)cc1. The summed E-state index contributed by atoms with van der Waals surface area (Å²) in [5, 5.41) is 13.9. The second kappa shape index (κ2) is 9.04. The number of carbonyl (C=O) groups is 1. The lowest BCUT2D eigenvalue weighted by atomic mass is 10.3. The molecule has 3 aromatic rings. The van der Waals surface area contributed by atoms with Crippen molar-refractivity contribution in [2.45, 2.75) is 11.8 Å². The number of hydrogen-bond acceptors (Lipinski definition) is 7. The summed E-state index contributed by atoms with van der Waals surface area (Å²) >= 11 is 1.15. The Balaban J connectivity index is 1.44. The van der Waals surface area contributed by atoms with Gasteiger partial charge < -0.3 is 19.8 Å². The molecule has 0 atom stereocenters. The van der Waals surface area contributed by atoms with Gasteiger partial charge in [0.15, 0.2) is 0 Å². The van der Waals surface area contributed by atoms with Crippen LogP contribution in [0.25, 0.3) is 0 Å². The molecule has 0 aliphatic rings. The molecule has 0 fully saturated rings. The van der Waals surface area contributed by atoms with Crippen molar-refractivity contribution in [1.29, 1.82) is 0 Å². The Morgan fingerprint density at radius 1 is 1.11 bits per heavy atom. The highest BCUT2D eigenvalue weighted by molar-refractivity contribution is 7.99. The molecular formula is C18H17FN4O3S. The third-order valence-electron chi connectivity index (χ3n) is 3.44. The van der Waals surface area contributed by atoms with Crippen molar-refractivity contribution in [3.8, 4) is 5.75 Å². The number of carbonyl (C=O) groups excluding carboxylic acids is 1. The maximum atomic E-state index is 12.9. The van der Waals surface area contributed by atoms with Crippen LogP contribution in [-0.4, -0.2) is 29.0 Å². The molecule has 1 heterocycles. The summed E-state index contributed by atoms with van der Waals surface area (Å²) in [5.41, 5.74) is 1.42. The molecule has 0 aliphatic heterocycles. The molecule has 27 heavy (non-hydrogen) atoms. The van der Waals surface area contributed by atoms with Crippen LogP contribution >= 0.6 is 11.8 Å². The first-order chi connectivity index (χ1) is 13.1. The molecule has 2 N–H and O–H groups in total. The number of anilines is 2. The van der Waals surface area contributed by atoms with Gasteiger partial charge in [-0.3, -0.25) is 4.79 Å². The Morgan fingerprint density at radius 2 is 1.81 bits per heavy atom. The molecule has 0 aliphatic carbocycles. The number of thioether (sulfide) groups is 1. The van der Waals surface area contributed by atoms with Crippen LogP contribution in [0.15, 0.2) is 58.2 Å². The van der Waals surface area contributed by atoms with Crippen LogP contribution in [0.4, 0.5) is 15.8 Å². The average Bonchev–Trinajstić information content (AvgIpc) is 3.14. The Labute approximate surface area is 159 Å². The predicted molar refractivity (Wildman–Crippen MR) is 100 cm³/mol. The van der Waals surface area contributed by atoms with Gasteiger partial charge in [0.05, 0.1) is 19.4 Å². The van der Waals surface area contributed by atoms with Gasteiger partial charge in [0.25, 0.3) is 5.22 Å². The van der Waals surface area contributed by atoms with Crippen LogP contribution in [-0.2, 0) is 11.3 Å². The van der Waals surface area contributed by atoms with E-state index in [2.05, 4.69) is 20.8 Å². The number of benzene rings is 2. The fourth-order valence-corrected chi connectivity index (χ4v) is 2.69. The zero-order valence-electron chi connectivity index (χ0n) is 14.4. The highest BCUT2D eigenvalue weighted by atomic mass is 32.2. The van der Waals surface area contributed by atoms with Gasteiger partial charge in [-0.1, -0.05) is 11.8 Å². The normalized spacial score (nSPS) is 10.4. The zero-order chi connectivity index (χ0) is 19.1. The van der Waals surface area contributed by atoms with E-state index in [1.54, 1.807) is 43.5 Å². The van der Waals surface area contributed by atoms with Crippen LogP contribution in [0.2, 0.25) is 0 Å². The standard InChI is InChI=1S/C18H17FN4O3S/c1-25-15-8-6-14(7-9-15)21-16(24)11-27-18-23-22-17(26-18)10-20-13-4-2-12(19)3-5-13/h2-9,20H,10-11H2,1H3,(H,21,24). The number of hydrogen-bond donors (Lipinski definition) is 2. The quantitative estimate of drug-likeness (QED) is 0.570. The summed E-state index contributed by atoms with van der Waals surface area (Å²) in [7, 11) is 1.58. The molecule has 0 bridgehead atoms. The lowest BCUT2D eigenvalue weighted by Gasteiger charge is -2.05. The first kappa shape index (κ1) is 18.7. The molecule has 1 amide bonds. The highest BCUT2D eigenvalue weighted by Crippen LogP contribution is 2.19. The number of nitrogens with one attached hydrogen (secondary N) is 2. The van der Waals surface area contributed by atoms with Crippen LogP contribution in [0, 0.1) is 5.82 Å². The van der Waals surface area contributed by atoms with Gasteiger partial charge in [0.1, 0.15) is 11.6 Å². The molecule has 0 saturated heterocycles. The van der Waals surface area contributed by atoms with E-state index in [9.17, 15) is 9.18 Å². The molecule has 140 valence electrons. The van der Waals surface area contributed by atoms with E-state index < -0.39 is 0 Å². The lowest BCUT2D eigenvalue weighted by Crippen LogP contribution is -2.13. The van der Waals surface area contributed by atoms with Gasteiger partial charge in [-0.2, -0.15) is 0 Å². The topological polar surface area (TPSA) is 89.3 Å². The van der Waals surface area contributed by atoms with Gasteiger partial charge in [0.2, 0.25) is 11.8 Å². The third kappa shape index (κ3) is 5.71. The van der Waals surface area contributed by atoms with E-state index >= 15 is 0 Å². The molecule has 3 rings (SSSR count). The Morgan fingerprint density at radius 3 is 2.52 bits per heavy atom. The minimum atomic E-state index is -0.301. The maximum Gasteiger partial charge on any atom is 0.277 e. The number of methoxy groups -OCH3 is 1. The molecule has 9 heteroatoms. The van der Waals surface area contributed by atoms with Gasteiger partial charge in [-0.25, -0.2) is 4.39 Å². The predicted octanol–water partition coefficient (Wildman–Crippen LogP) is 3.56. The summed E-state index contributed by atoms with van der Waals surface area (Å²) in [6.07, 6.45) is 0. The smallest absolute Gasteiger partial charge is 0.277 e. The van der Waals surface area contributed by atoms with Crippen molar-refractivity contribution in [3.63, 3.8) is 0 Å². The van der Waals surface area contributed by atoms with E-state index in [0.29, 0.717) is 23.3 Å². The van der Waals surface area contributed by atoms with E-state index in [1.165, 1.54) is 12.1 Å². The molecule has 1 aromatic heterocycles. The minimum absolute atomic E-state index is 0.138. The molecule has 0 saturated carbocycles. The number of aromatic nitrogens is 2. The van der Waals surface area contributed by atoms with Gasteiger partial charge in [-0.15, -0.1) is 10.2 Å². The Hall–Kier alpha value is -3.07. The molecule has 0 spiro atoms. The second-order valence-electron chi connectivity index (χ2n) is 5.39. The van der Waals surface area contributed by atoms with Crippen LogP contribution in [0.3, 0.4) is 0 Å². The van der Waals surface area contributed by atoms with Crippen molar-refractivity contribution in [3.05, 3.63) is 60.2 Å². The van der Waals surface area contributed by atoms with Gasteiger partial charge >= 0.3 is 0 Å². The van der Waals surface area contributed by atoms with Crippen molar-refractivity contribution in [2.24, 2.45) is 0 Å². The van der Waals surface area contributed by atoms with Crippen LogP contribution in [0.5, 0.6) is 5.75 Å². The molecule has 2 aromatic carbocycles. The minimum Gasteiger partial charge on any atom is -0.497 e. The number of ether oxygens (including phenoxy) is 1. The molecule has 0 radical (unpaired) electrons. The third-order valence-corrected chi connectivity index (χ3v) is 4.26. The molecule has 0 unspecified atom stereocenters. The number of halogens is 1.